The van der Waals surface area contributed by atoms with E-state index in [9.17, 15) is 14.7 Å². The van der Waals surface area contributed by atoms with Gasteiger partial charge in [0, 0.05) is 24.7 Å². The molecule has 2 N–H and O–H groups in total. The van der Waals surface area contributed by atoms with Gasteiger partial charge in [0.15, 0.2) is 5.82 Å². The lowest BCUT2D eigenvalue weighted by molar-refractivity contribution is -0.127. The Bertz CT molecular complexity index is 864. The highest BCUT2D eigenvalue weighted by molar-refractivity contribution is 5.79. The van der Waals surface area contributed by atoms with E-state index in [4.69, 9.17) is 4.52 Å². The number of likely N-dealkylation sites (tertiary alicyclic amines) is 1. The minimum absolute atomic E-state index is 0.0662. The average molecular weight is 417 g/mol. The Morgan fingerprint density at radius 2 is 2.10 bits per heavy atom. The summed E-state index contributed by atoms with van der Waals surface area (Å²) in [5.41, 5.74) is 0.756. The van der Waals surface area contributed by atoms with Gasteiger partial charge in [-0.15, -0.1) is 0 Å². The molecule has 0 bridgehead atoms. The molecule has 30 heavy (non-hydrogen) atoms. The number of benzene rings is 1. The van der Waals surface area contributed by atoms with Gasteiger partial charge in [0.2, 0.25) is 5.91 Å². The van der Waals surface area contributed by atoms with Crippen molar-refractivity contribution in [2.75, 3.05) is 19.6 Å². The van der Waals surface area contributed by atoms with E-state index in [0.29, 0.717) is 18.9 Å². The molecule has 1 aromatic heterocycles. The number of aliphatic hydroxyl groups excluding tert-OH is 1. The van der Waals surface area contributed by atoms with Crippen LogP contribution in [-0.4, -0.2) is 57.4 Å². The van der Waals surface area contributed by atoms with Gasteiger partial charge in [0.25, 0.3) is 0 Å². The summed E-state index contributed by atoms with van der Waals surface area (Å²) in [7, 11) is 0. The largest absolute Gasteiger partial charge is 0.441 e. The van der Waals surface area contributed by atoms with Gasteiger partial charge in [-0.2, -0.15) is 0 Å². The molecule has 1 fully saturated rings. The maximum absolute atomic E-state index is 12.6. The molecular formula is C22H32N4O4. The van der Waals surface area contributed by atoms with Crippen LogP contribution in [0.2, 0.25) is 0 Å². The number of β-amino-alcohol motifs (C(OH)–C–C–N with tert-alkyl or cyclic N) is 1. The number of nitrogens with zero attached hydrogens (tertiary/aromatic N) is 3. The van der Waals surface area contributed by atoms with Crippen LogP contribution in [0.15, 0.2) is 39.6 Å². The molecule has 1 saturated heterocycles. The third-order valence-corrected chi connectivity index (χ3v) is 5.57. The summed E-state index contributed by atoms with van der Waals surface area (Å²) >= 11 is 0. The van der Waals surface area contributed by atoms with Crippen LogP contribution >= 0.6 is 0 Å². The average Bonchev–Trinajstić information content (AvgIpc) is 3.09. The second-order valence-corrected chi connectivity index (χ2v) is 8.20. The van der Waals surface area contributed by atoms with Gasteiger partial charge in [-0.05, 0) is 32.7 Å². The molecule has 8 heteroatoms. The number of nitrogens with one attached hydrogen (secondary N) is 1. The molecule has 1 amide bonds. The summed E-state index contributed by atoms with van der Waals surface area (Å²) < 4.78 is 6.19. The Balaban J connectivity index is 1.58. The van der Waals surface area contributed by atoms with Crippen LogP contribution in [0.3, 0.4) is 0 Å². The standard InChI is InChI=1S/C22H32N4O4/c1-3-8-16(2)23-21(28)18-11-7-12-25(13-18)14-19(27)15-26-20(24-30-22(26)29)17-9-5-4-6-10-17/h4-6,9-10,16,18-19,27H,3,7-8,11-15H2,1-2H3,(H,23,28). The summed E-state index contributed by atoms with van der Waals surface area (Å²) in [6.07, 6.45) is 3.01. The normalized spacial score (nSPS) is 19.4. The number of carbonyl (C=O) groups excluding carboxylic acids is 1. The SMILES string of the molecule is CCCC(C)NC(=O)C1CCCN(CC(O)Cn2c(-c3ccccc3)noc2=O)C1. The lowest BCUT2D eigenvalue weighted by Gasteiger charge is -2.33. The van der Waals surface area contributed by atoms with Crippen molar-refractivity contribution in [3.8, 4) is 11.4 Å². The maximum atomic E-state index is 12.6. The van der Waals surface area contributed by atoms with Gasteiger partial charge in [-0.25, -0.2) is 4.79 Å². The fourth-order valence-electron chi connectivity index (χ4n) is 4.09. The van der Waals surface area contributed by atoms with Crippen LogP contribution in [0.5, 0.6) is 0 Å². The molecule has 0 radical (unpaired) electrons. The molecule has 3 unspecified atom stereocenters. The highest BCUT2D eigenvalue weighted by atomic mass is 16.5. The van der Waals surface area contributed by atoms with E-state index in [2.05, 4.69) is 22.3 Å². The highest BCUT2D eigenvalue weighted by Crippen LogP contribution is 2.19. The number of hydrogen-bond donors (Lipinski definition) is 2. The quantitative estimate of drug-likeness (QED) is 0.647. The number of aromatic nitrogens is 2. The summed E-state index contributed by atoms with van der Waals surface area (Å²) in [4.78, 5) is 26.7. The third kappa shape index (κ3) is 5.79. The zero-order chi connectivity index (χ0) is 21.5. The Morgan fingerprint density at radius 3 is 2.83 bits per heavy atom. The lowest BCUT2D eigenvalue weighted by Crippen LogP contribution is -2.47. The van der Waals surface area contributed by atoms with Crippen molar-refractivity contribution in [3.05, 3.63) is 40.9 Å². The highest BCUT2D eigenvalue weighted by Gasteiger charge is 2.28. The molecule has 2 heterocycles. The zero-order valence-electron chi connectivity index (χ0n) is 17.8. The molecule has 1 aliphatic heterocycles. The van der Waals surface area contributed by atoms with E-state index in [-0.39, 0.29) is 24.4 Å². The van der Waals surface area contributed by atoms with Crippen molar-refractivity contribution >= 4 is 5.91 Å². The number of aliphatic hydroxyl groups is 1. The van der Waals surface area contributed by atoms with Crippen LogP contribution in [0.25, 0.3) is 11.4 Å². The monoisotopic (exact) mass is 416 g/mol. The first-order valence-corrected chi connectivity index (χ1v) is 10.8. The number of piperidine rings is 1. The Morgan fingerprint density at radius 1 is 1.33 bits per heavy atom. The molecule has 3 atom stereocenters. The van der Waals surface area contributed by atoms with E-state index < -0.39 is 11.9 Å². The first-order valence-electron chi connectivity index (χ1n) is 10.8. The fraction of sp³-hybridized carbons (Fsp3) is 0.591. The van der Waals surface area contributed by atoms with Crippen molar-refractivity contribution in [2.24, 2.45) is 5.92 Å². The zero-order valence-corrected chi connectivity index (χ0v) is 17.8. The predicted molar refractivity (Wildman–Crippen MR) is 114 cm³/mol. The smallest absolute Gasteiger partial charge is 0.390 e. The number of rotatable bonds is 9. The van der Waals surface area contributed by atoms with Crippen molar-refractivity contribution < 1.29 is 14.4 Å². The predicted octanol–water partition coefficient (Wildman–Crippen LogP) is 1.88. The first kappa shape index (κ1) is 22.2. The van der Waals surface area contributed by atoms with E-state index in [1.165, 1.54) is 4.57 Å². The van der Waals surface area contributed by atoms with E-state index in [0.717, 1.165) is 37.8 Å². The van der Waals surface area contributed by atoms with Gasteiger partial charge in [-0.1, -0.05) is 48.8 Å². The first-order chi connectivity index (χ1) is 14.5. The van der Waals surface area contributed by atoms with Gasteiger partial charge < -0.3 is 10.4 Å². The second-order valence-electron chi connectivity index (χ2n) is 8.20. The van der Waals surface area contributed by atoms with E-state index in [1.54, 1.807) is 0 Å². The van der Waals surface area contributed by atoms with Crippen LogP contribution in [-0.2, 0) is 11.3 Å². The molecule has 1 aliphatic rings. The topological polar surface area (TPSA) is 101 Å². The summed E-state index contributed by atoms with van der Waals surface area (Å²) in [5.74, 6) is -0.158. The second kappa shape index (κ2) is 10.5. The molecule has 0 spiro atoms. The minimum Gasteiger partial charge on any atom is -0.390 e. The van der Waals surface area contributed by atoms with Crippen molar-refractivity contribution in [1.82, 2.24) is 19.9 Å². The lowest BCUT2D eigenvalue weighted by atomic mass is 9.96. The van der Waals surface area contributed by atoms with Crippen LogP contribution in [0.4, 0.5) is 0 Å². The molecule has 0 aliphatic carbocycles. The van der Waals surface area contributed by atoms with Crippen molar-refractivity contribution in [3.63, 3.8) is 0 Å². The maximum Gasteiger partial charge on any atom is 0.441 e. The molecular weight excluding hydrogens is 384 g/mol. The van der Waals surface area contributed by atoms with Crippen LogP contribution in [0.1, 0.15) is 39.5 Å². The van der Waals surface area contributed by atoms with Crippen molar-refractivity contribution in [2.45, 2.75) is 58.2 Å². The molecule has 0 saturated carbocycles. The number of amides is 1. The summed E-state index contributed by atoms with van der Waals surface area (Å²) in [6.45, 7) is 6.07. The molecule has 1 aromatic carbocycles. The molecule has 2 aromatic rings. The molecule has 8 nitrogen and oxygen atoms in total. The van der Waals surface area contributed by atoms with Gasteiger partial charge in [0.05, 0.1) is 18.6 Å². The molecule has 164 valence electrons. The van der Waals surface area contributed by atoms with Gasteiger partial charge >= 0.3 is 5.76 Å². The fourth-order valence-corrected chi connectivity index (χ4v) is 4.09. The number of carbonyl (C=O) groups is 1. The van der Waals surface area contributed by atoms with E-state index in [1.807, 2.05) is 37.3 Å². The van der Waals surface area contributed by atoms with Crippen LogP contribution in [0, 0.1) is 5.92 Å². The Hall–Kier alpha value is -2.45. The Kier molecular flexibility index (Phi) is 7.81. The van der Waals surface area contributed by atoms with Crippen molar-refractivity contribution in [1.29, 1.82) is 0 Å². The van der Waals surface area contributed by atoms with E-state index >= 15 is 0 Å². The van der Waals surface area contributed by atoms with Gasteiger partial charge in [0.1, 0.15) is 0 Å². The summed E-state index contributed by atoms with van der Waals surface area (Å²) in [6, 6.07) is 9.46. The minimum atomic E-state index is -0.773. The third-order valence-electron chi connectivity index (χ3n) is 5.57. The molecule has 3 rings (SSSR count). The summed E-state index contributed by atoms with van der Waals surface area (Å²) in [5, 5.41) is 17.6. The Labute approximate surface area is 176 Å². The number of hydrogen-bond acceptors (Lipinski definition) is 6. The van der Waals surface area contributed by atoms with Crippen LogP contribution < -0.4 is 11.1 Å². The van der Waals surface area contributed by atoms with Gasteiger partial charge in [-0.3, -0.25) is 18.8 Å².